The Morgan fingerprint density at radius 2 is 1.76 bits per heavy atom. The Balaban J connectivity index is 1.75. The van der Waals surface area contributed by atoms with Gasteiger partial charge in [-0.05, 0) is 71.9 Å². The lowest BCUT2D eigenvalue weighted by atomic mass is 9.84. The highest BCUT2D eigenvalue weighted by molar-refractivity contribution is 7.07. The van der Waals surface area contributed by atoms with Crippen LogP contribution in [0.4, 0.5) is 0 Å². The molecule has 2 aliphatic rings. The summed E-state index contributed by atoms with van der Waals surface area (Å²) in [5.74, 6) is -0.569. The van der Waals surface area contributed by atoms with E-state index >= 15 is 0 Å². The van der Waals surface area contributed by atoms with Gasteiger partial charge in [0.15, 0.2) is 4.80 Å². The van der Waals surface area contributed by atoms with E-state index in [9.17, 15) is 9.59 Å². The number of halogens is 2. The number of ether oxygens (including phenoxy) is 1. The van der Waals surface area contributed by atoms with E-state index in [1.54, 1.807) is 4.57 Å². The van der Waals surface area contributed by atoms with E-state index in [2.05, 4.69) is 6.08 Å². The van der Waals surface area contributed by atoms with Gasteiger partial charge in [-0.2, -0.15) is 0 Å². The average Bonchev–Trinajstić information content (AvgIpc) is 3.14. The summed E-state index contributed by atoms with van der Waals surface area (Å²) in [5, 5.41) is 1.32. The minimum Gasteiger partial charge on any atom is -0.466 e. The molecule has 1 atom stereocenters. The maximum absolute atomic E-state index is 13.4. The summed E-state index contributed by atoms with van der Waals surface area (Å²) >= 11 is 13.4. The first-order chi connectivity index (χ1) is 16.4. The smallest absolute Gasteiger partial charge is 0.332 e. The molecule has 2 heterocycles. The van der Waals surface area contributed by atoms with Crippen molar-refractivity contribution < 1.29 is 9.53 Å². The summed E-state index contributed by atoms with van der Waals surface area (Å²) in [6.45, 7) is 0. The quantitative estimate of drug-likeness (QED) is 0.470. The van der Waals surface area contributed by atoms with Crippen LogP contribution in [-0.4, -0.2) is 17.6 Å². The molecular formula is C26H20Cl2N2O3S. The molecule has 0 radical (unpaired) electrons. The van der Waals surface area contributed by atoms with Gasteiger partial charge in [0.25, 0.3) is 5.56 Å². The number of benzene rings is 2. The predicted molar refractivity (Wildman–Crippen MR) is 136 cm³/mol. The highest BCUT2D eigenvalue weighted by Crippen LogP contribution is 2.41. The Kier molecular flexibility index (Phi) is 6.30. The molecule has 0 N–H and O–H groups in total. The topological polar surface area (TPSA) is 60.7 Å². The van der Waals surface area contributed by atoms with Crippen LogP contribution in [0.25, 0.3) is 12.2 Å². The summed E-state index contributed by atoms with van der Waals surface area (Å²) in [6, 6.07) is 14.9. The molecule has 0 bridgehead atoms. The fourth-order valence-electron chi connectivity index (χ4n) is 4.43. The monoisotopic (exact) mass is 510 g/mol. The van der Waals surface area contributed by atoms with E-state index < -0.39 is 5.97 Å². The Bertz CT molecular complexity index is 1510. The van der Waals surface area contributed by atoms with Crippen LogP contribution in [0.5, 0.6) is 0 Å². The zero-order valence-electron chi connectivity index (χ0n) is 18.3. The lowest BCUT2D eigenvalue weighted by Crippen LogP contribution is -2.39. The molecule has 3 aromatic rings. The number of hydrogen-bond donors (Lipinski definition) is 0. The number of fused-ring (bicyclic) bond motifs is 1. The molecule has 172 valence electrons. The van der Waals surface area contributed by atoms with Crippen molar-refractivity contribution in [2.75, 3.05) is 7.11 Å². The largest absolute Gasteiger partial charge is 0.466 e. The molecule has 1 aliphatic heterocycles. The Labute approximate surface area is 209 Å². The molecule has 0 amide bonds. The van der Waals surface area contributed by atoms with Crippen LogP contribution >= 0.6 is 34.5 Å². The third-order valence-electron chi connectivity index (χ3n) is 5.98. The van der Waals surface area contributed by atoms with Crippen molar-refractivity contribution in [1.29, 1.82) is 0 Å². The number of thiazole rings is 1. The SMILES string of the molecule is COC(=O)/C=c1\sc2n(c1=O)[C@@H](c1ccc(Cl)cc1)C1=C(N=2)/C(=C/c2ccc(Cl)cc2)CCC1. The molecular weight excluding hydrogens is 491 g/mol. The van der Waals surface area contributed by atoms with Gasteiger partial charge in [-0.25, -0.2) is 9.79 Å². The van der Waals surface area contributed by atoms with E-state index in [0.29, 0.717) is 19.4 Å². The molecule has 1 aromatic heterocycles. The van der Waals surface area contributed by atoms with E-state index in [0.717, 1.165) is 47.2 Å². The molecule has 0 fully saturated rings. The van der Waals surface area contributed by atoms with E-state index in [1.165, 1.54) is 24.5 Å². The lowest BCUT2D eigenvalue weighted by molar-refractivity contribution is -0.133. The minimum atomic E-state index is -0.569. The highest BCUT2D eigenvalue weighted by Gasteiger charge is 2.32. The molecule has 5 nitrogen and oxygen atoms in total. The fourth-order valence-corrected chi connectivity index (χ4v) is 5.64. The normalized spacial score (nSPS) is 19.0. The number of hydrogen-bond acceptors (Lipinski definition) is 5. The standard InChI is InChI=1S/C26H20Cl2N2O3S/c1-33-22(31)14-21-25(32)30-24(16-7-11-19(28)12-8-16)20-4-2-3-17(23(20)29-26(30)34-21)13-15-5-9-18(27)10-6-15/h5-14,24H,2-4H2,1H3/b17-13+,21-14-/t24-/m0/s1. The average molecular weight is 511 g/mol. The van der Waals surface area contributed by atoms with Crippen LogP contribution in [0.1, 0.15) is 36.4 Å². The molecule has 0 saturated carbocycles. The number of methoxy groups -OCH3 is 1. The number of aromatic nitrogens is 1. The van der Waals surface area contributed by atoms with Gasteiger partial charge < -0.3 is 4.74 Å². The third kappa shape index (κ3) is 4.29. The fraction of sp³-hybridized carbons (Fsp3) is 0.192. The molecule has 0 spiro atoms. The maximum Gasteiger partial charge on any atom is 0.332 e. The second kappa shape index (κ2) is 9.37. The van der Waals surface area contributed by atoms with E-state index in [1.807, 2.05) is 48.5 Å². The van der Waals surface area contributed by atoms with E-state index in [-0.39, 0.29) is 11.6 Å². The van der Waals surface area contributed by atoms with Gasteiger partial charge in [0.05, 0.1) is 18.8 Å². The Morgan fingerprint density at radius 1 is 1.09 bits per heavy atom. The minimum absolute atomic E-state index is 0.255. The summed E-state index contributed by atoms with van der Waals surface area (Å²) in [6.07, 6.45) is 6.02. The number of rotatable bonds is 3. The number of carbonyl (C=O) groups excluding carboxylic acids is 1. The highest BCUT2D eigenvalue weighted by atomic mass is 35.5. The Hall–Kier alpha value is -2.93. The zero-order chi connectivity index (χ0) is 23.8. The van der Waals surface area contributed by atoms with Crippen LogP contribution in [0.2, 0.25) is 10.0 Å². The van der Waals surface area contributed by atoms with Crippen molar-refractivity contribution in [1.82, 2.24) is 4.57 Å². The van der Waals surface area contributed by atoms with Crippen LogP contribution in [-0.2, 0) is 9.53 Å². The van der Waals surface area contributed by atoms with Crippen LogP contribution in [0.3, 0.4) is 0 Å². The van der Waals surface area contributed by atoms with Crippen LogP contribution in [0.15, 0.2) is 75.2 Å². The predicted octanol–water partition coefficient (Wildman–Crippen LogP) is 4.91. The van der Waals surface area contributed by atoms with E-state index in [4.69, 9.17) is 32.9 Å². The van der Waals surface area contributed by atoms with Crippen molar-refractivity contribution in [2.45, 2.75) is 25.3 Å². The van der Waals surface area contributed by atoms with Gasteiger partial charge >= 0.3 is 5.97 Å². The second-order valence-electron chi connectivity index (χ2n) is 8.11. The van der Waals surface area contributed by atoms with Gasteiger partial charge in [-0.15, -0.1) is 0 Å². The van der Waals surface area contributed by atoms with Crippen molar-refractivity contribution in [3.8, 4) is 0 Å². The van der Waals surface area contributed by atoms with Gasteiger partial charge in [-0.3, -0.25) is 9.36 Å². The van der Waals surface area contributed by atoms with Gasteiger partial charge in [0, 0.05) is 16.1 Å². The van der Waals surface area contributed by atoms with Gasteiger partial charge in [0.1, 0.15) is 4.53 Å². The van der Waals surface area contributed by atoms with Crippen molar-refractivity contribution in [3.63, 3.8) is 0 Å². The number of nitrogens with zero attached hydrogens (tertiary/aromatic N) is 2. The zero-order valence-corrected chi connectivity index (χ0v) is 20.6. The molecule has 2 aromatic carbocycles. The first kappa shape index (κ1) is 22.8. The first-order valence-corrected chi connectivity index (χ1v) is 12.4. The molecule has 0 unspecified atom stereocenters. The molecule has 0 saturated heterocycles. The maximum atomic E-state index is 13.4. The number of esters is 1. The second-order valence-corrected chi connectivity index (χ2v) is 9.99. The van der Waals surface area contributed by atoms with Gasteiger partial charge in [-0.1, -0.05) is 58.8 Å². The van der Waals surface area contributed by atoms with Crippen molar-refractivity contribution in [3.05, 3.63) is 106 Å². The first-order valence-electron chi connectivity index (χ1n) is 10.8. The van der Waals surface area contributed by atoms with Crippen LogP contribution < -0.4 is 14.9 Å². The molecule has 1 aliphatic carbocycles. The van der Waals surface area contributed by atoms with Gasteiger partial charge in [0.2, 0.25) is 0 Å². The molecule has 34 heavy (non-hydrogen) atoms. The summed E-state index contributed by atoms with van der Waals surface area (Å²) < 4.78 is 6.73. The number of allylic oxidation sites excluding steroid dienone is 2. The molecule has 5 rings (SSSR count). The Morgan fingerprint density at radius 3 is 2.44 bits per heavy atom. The lowest BCUT2D eigenvalue weighted by Gasteiger charge is -2.31. The number of carbonyl (C=O) groups is 1. The summed E-state index contributed by atoms with van der Waals surface area (Å²) in [7, 11) is 1.29. The summed E-state index contributed by atoms with van der Waals surface area (Å²) in [5.41, 5.74) is 4.85. The molecule has 8 heteroatoms. The van der Waals surface area contributed by atoms with Crippen molar-refractivity contribution >= 4 is 52.7 Å². The van der Waals surface area contributed by atoms with Crippen LogP contribution in [0, 0.1) is 0 Å². The summed E-state index contributed by atoms with van der Waals surface area (Å²) in [4.78, 5) is 30.8. The third-order valence-corrected chi connectivity index (χ3v) is 7.47. The van der Waals surface area contributed by atoms with Crippen molar-refractivity contribution in [2.24, 2.45) is 4.99 Å².